The van der Waals surface area contributed by atoms with E-state index in [9.17, 15) is 0 Å². The minimum Gasteiger partial charge on any atom is -0.0619 e. The van der Waals surface area contributed by atoms with Gasteiger partial charge in [-0.05, 0) is 35.1 Å². The lowest BCUT2D eigenvalue weighted by atomic mass is 9.72. The summed E-state index contributed by atoms with van der Waals surface area (Å²) in [4.78, 5) is 0. The average Bonchev–Trinajstić information content (AvgIpc) is 3.09. The molecule has 0 heterocycles. The van der Waals surface area contributed by atoms with E-state index in [-0.39, 0.29) is 5.41 Å². The molecule has 3 aliphatic carbocycles. The lowest BCUT2D eigenvalue weighted by Gasteiger charge is -2.32. The quantitative estimate of drug-likeness (QED) is 0.545. The van der Waals surface area contributed by atoms with Crippen LogP contribution in [-0.4, -0.2) is 0 Å². The van der Waals surface area contributed by atoms with Gasteiger partial charge in [0.15, 0.2) is 0 Å². The Morgan fingerprint density at radius 2 is 1.13 bits per heavy atom. The van der Waals surface area contributed by atoms with E-state index in [1.807, 2.05) is 0 Å². The second-order valence-corrected chi connectivity index (χ2v) is 7.76. The summed E-state index contributed by atoms with van der Waals surface area (Å²) in [7, 11) is 0. The monoisotopic (exact) mass is 298 g/mol. The highest BCUT2D eigenvalue weighted by Gasteiger charge is 2.44. The summed E-state index contributed by atoms with van der Waals surface area (Å²) < 4.78 is 0. The molecule has 0 nitrogen and oxygen atoms in total. The molecule has 0 bridgehead atoms. The first-order valence-corrected chi connectivity index (χ1v) is 8.78. The van der Waals surface area contributed by atoms with Crippen molar-refractivity contribution in [3.05, 3.63) is 81.9 Å². The zero-order valence-electron chi connectivity index (χ0n) is 13.8. The fraction of sp³-hybridized carbons (Fsp3) is 0.304. The molecule has 23 heavy (non-hydrogen) atoms. The highest BCUT2D eigenvalue weighted by atomic mass is 14.5. The third-order valence-electron chi connectivity index (χ3n) is 6.30. The van der Waals surface area contributed by atoms with Gasteiger partial charge in [0.2, 0.25) is 0 Å². The highest BCUT2D eigenvalue weighted by Crippen LogP contribution is 2.59. The molecule has 0 aliphatic heterocycles. The van der Waals surface area contributed by atoms with Gasteiger partial charge >= 0.3 is 0 Å². The maximum atomic E-state index is 2.48. The Labute approximate surface area is 138 Å². The van der Waals surface area contributed by atoms with Gasteiger partial charge in [0.25, 0.3) is 0 Å². The van der Waals surface area contributed by atoms with E-state index in [4.69, 9.17) is 0 Å². The van der Waals surface area contributed by atoms with Crippen LogP contribution >= 0.6 is 0 Å². The second-order valence-electron chi connectivity index (χ2n) is 7.76. The third kappa shape index (κ3) is 1.72. The van der Waals surface area contributed by atoms with Crippen molar-refractivity contribution in [2.75, 3.05) is 0 Å². The van der Waals surface area contributed by atoms with Gasteiger partial charge in [0.1, 0.15) is 0 Å². The topological polar surface area (TPSA) is 0 Å². The van der Waals surface area contributed by atoms with E-state index in [0.29, 0.717) is 11.8 Å². The first-order valence-electron chi connectivity index (χ1n) is 8.78. The lowest BCUT2D eigenvalue weighted by molar-refractivity contribution is 0.505. The first kappa shape index (κ1) is 13.4. The molecule has 0 aromatic heterocycles. The van der Waals surface area contributed by atoms with Crippen LogP contribution in [0, 0.1) is 5.41 Å². The molecule has 0 amide bonds. The van der Waals surface area contributed by atoms with Gasteiger partial charge in [-0.3, -0.25) is 0 Å². The number of hydrogen-bond donors (Lipinski definition) is 0. The zero-order chi connectivity index (χ0) is 15.6. The Hall–Kier alpha value is -2.08. The number of benzene rings is 2. The van der Waals surface area contributed by atoms with Crippen molar-refractivity contribution in [1.82, 2.24) is 0 Å². The van der Waals surface area contributed by atoms with Gasteiger partial charge in [0.05, 0.1) is 0 Å². The molecule has 2 aromatic carbocycles. The van der Waals surface area contributed by atoms with Crippen molar-refractivity contribution in [3.8, 4) is 0 Å². The molecule has 2 aromatic rings. The minimum atomic E-state index is 0.143. The summed E-state index contributed by atoms with van der Waals surface area (Å²) >= 11 is 0. The van der Waals surface area contributed by atoms with Crippen molar-refractivity contribution in [1.29, 1.82) is 0 Å². The molecular formula is C23H22. The second kappa shape index (κ2) is 4.47. The molecule has 0 spiro atoms. The summed E-state index contributed by atoms with van der Waals surface area (Å²) in [5.74, 6) is 1.22. The molecule has 1 saturated carbocycles. The predicted octanol–water partition coefficient (Wildman–Crippen LogP) is 6.17. The van der Waals surface area contributed by atoms with Crippen LogP contribution in [0.4, 0.5) is 0 Å². The summed E-state index contributed by atoms with van der Waals surface area (Å²) in [6.07, 6.45) is 7.49. The minimum absolute atomic E-state index is 0.143. The van der Waals surface area contributed by atoms with E-state index >= 15 is 0 Å². The van der Waals surface area contributed by atoms with Crippen LogP contribution in [0.25, 0.3) is 12.2 Å². The van der Waals surface area contributed by atoms with Crippen molar-refractivity contribution >= 4 is 12.2 Å². The third-order valence-corrected chi connectivity index (χ3v) is 6.30. The fourth-order valence-corrected chi connectivity index (χ4v) is 5.14. The van der Waals surface area contributed by atoms with Gasteiger partial charge in [0, 0.05) is 17.3 Å². The molecule has 5 rings (SSSR count). The van der Waals surface area contributed by atoms with Crippen molar-refractivity contribution in [2.45, 2.75) is 38.5 Å². The predicted molar refractivity (Wildman–Crippen MR) is 97.3 cm³/mol. The van der Waals surface area contributed by atoms with Crippen molar-refractivity contribution < 1.29 is 0 Å². The normalized spacial score (nSPS) is 26.3. The smallest absolute Gasteiger partial charge is 0.00829 e. The maximum absolute atomic E-state index is 2.48. The molecule has 3 aliphatic rings. The zero-order valence-corrected chi connectivity index (χ0v) is 13.8. The molecule has 0 saturated heterocycles. The largest absolute Gasteiger partial charge is 0.0619 e. The molecular weight excluding hydrogens is 276 g/mol. The first-order chi connectivity index (χ1) is 11.2. The molecule has 2 unspecified atom stereocenters. The van der Waals surface area contributed by atoms with E-state index in [1.165, 1.54) is 24.0 Å². The maximum Gasteiger partial charge on any atom is 0.00829 e. The molecule has 0 heteroatoms. The Balaban J connectivity index is 1.68. The average molecular weight is 298 g/mol. The Bertz CT molecular complexity index is 792. The van der Waals surface area contributed by atoms with Crippen LogP contribution in [-0.2, 0) is 0 Å². The van der Waals surface area contributed by atoms with Crippen molar-refractivity contribution in [3.63, 3.8) is 0 Å². The van der Waals surface area contributed by atoms with Gasteiger partial charge < -0.3 is 0 Å². The number of hydrogen-bond acceptors (Lipinski definition) is 0. The lowest BCUT2D eigenvalue weighted by Crippen LogP contribution is -2.20. The molecule has 0 radical (unpaired) electrons. The SMILES string of the molecule is CC1(C)C2=Cc3ccccc3C2CCC2C1=Cc1ccccc12. The van der Waals surface area contributed by atoms with Crippen LogP contribution in [0.3, 0.4) is 0 Å². The summed E-state index contributed by atoms with van der Waals surface area (Å²) in [6.45, 7) is 4.88. The molecule has 0 N–H and O–H groups in total. The summed E-state index contributed by atoms with van der Waals surface area (Å²) in [5.41, 5.74) is 9.36. The molecule has 1 fully saturated rings. The van der Waals surface area contributed by atoms with E-state index in [1.54, 1.807) is 22.3 Å². The van der Waals surface area contributed by atoms with Gasteiger partial charge in [-0.15, -0.1) is 0 Å². The Morgan fingerprint density at radius 1 is 0.696 bits per heavy atom. The number of allylic oxidation sites excluding steroid dienone is 2. The summed E-state index contributed by atoms with van der Waals surface area (Å²) in [5, 5.41) is 0. The van der Waals surface area contributed by atoms with Gasteiger partial charge in [-0.25, -0.2) is 0 Å². The Kier molecular flexibility index (Phi) is 2.60. The van der Waals surface area contributed by atoms with Crippen LogP contribution in [0.5, 0.6) is 0 Å². The number of fused-ring (bicyclic) bond motifs is 6. The van der Waals surface area contributed by atoms with Crippen molar-refractivity contribution in [2.24, 2.45) is 5.41 Å². The van der Waals surface area contributed by atoms with E-state index in [2.05, 4.69) is 74.5 Å². The molecule has 114 valence electrons. The van der Waals surface area contributed by atoms with Crippen LogP contribution in [0.15, 0.2) is 59.7 Å². The van der Waals surface area contributed by atoms with E-state index < -0.39 is 0 Å². The Morgan fingerprint density at radius 3 is 1.61 bits per heavy atom. The summed E-state index contributed by atoms with van der Waals surface area (Å²) in [6, 6.07) is 18.0. The van der Waals surface area contributed by atoms with E-state index in [0.717, 1.165) is 0 Å². The van der Waals surface area contributed by atoms with Gasteiger partial charge in [-0.2, -0.15) is 0 Å². The van der Waals surface area contributed by atoms with Crippen LogP contribution in [0.2, 0.25) is 0 Å². The number of rotatable bonds is 0. The van der Waals surface area contributed by atoms with Crippen LogP contribution in [0.1, 0.15) is 60.8 Å². The van der Waals surface area contributed by atoms with Crippen LogP contribution < -0.4 is 0 Å². The van der Waals surface area contributed by atoms with Gasteiger partial charge in [-0.1, -0.05) is 85.7 Å². The highest BCUT2D eigenvalue weighted by molar-refractivity contribution is 5.74. The standard InChI is InChI=1S/C23H22/c1-23(2)21-13-15-7-3-5-9-17(15)19(21)11-12-20-18-10-6-4-8-16(18)14-22(20)23/h3-10,13-14,19-20H,11-12H2,1-2H3. The fourth-order valence-electron chi connectivity index (χ4n) is 5.14. The molecule has 2 atom stereocenters.